The molecule has 1 aromatic rings. The average Bonchev–Trinajstić information content (AvgIpc) is 2.86. The molecule has 0 radical (unpaired) electrons. The Bertz CT molecular complexity index is 405. The Morgan fingerprint density at radius 1 is 1.56 bits per heavy atom. The largest absolute Gasteiger partial charge is 0.328 e. The second-order valence-electron chi connectivity index (χ2n) is 5.01. The maximum Gasteiger partial charge on any atom is 0.228 e. The molecule has 102 valence electrons. The number of amides is 1. The normalized spacial score (nSPS) is 22.9. The minimum absolute atomic E-state index is 0. The second-order valence-corrected chi connectivity index (χ2v) is 5.01. The van der Waals surface area contributed by atoms with E-state index in [-0.39, 0.29) is 36.3 Å². The Morgan fingerprint density at radius 2 is 2.28 bits per heavy atom. The summed E-state index contributed by atoms with van der Waals surface area (Å²) >= 11 is 0. The number of rotatable bonds is 3. The molecule has 0 spiro atoms. The molecule has 5 nitrogen and oxygen atoms in total. The van der Waals surface area contributed by atoms with Crippen molar-refractivity contribution in [3.8, 4) is 0 Å². The summed E-state index contributed by atoms with van der Waals surface area (Å²) in [5.41, 5.74) is 5.82. The fraction of sp³-hybridized carbons (Fsp3) is 0.667. The summed E-state index contributed by atoms with van der Waals surface area (Å²) in [6, 6.07) is 2.25. The third kappa shape index (κ3) is 3.23. The highest BCUT2D eigenvalue weighted by Gasteiger charge is 2.28. The smallest absolute Gasteiger partial charge is 0.228 e. The molecule has 6 heteroatoms. The van der Waals surface area contributed by atoms with E-state index in [1.165, 1.54) is 0 Å². The molecule has 0 aromatic carbocycles. The summed E-state index contributed by atoms with van der Waals surface area (Å²) in [6.07, 6.45) is 4.34. The van der Waals surface area contributed by atoms with Gasteiger partial charge < -0.3 is 11.1 Å². The van der Waals surface area contributed by atoms with Crippen LogP contribution >= 0.6 is 12.4 Å². The summed E-state index contributed by atoms with van der Waals surface area (Å²) in [7, 11) is 0. The van der Waals surface area contributed by atoms with Gasteiger partial charge in [-0.25, -0.2) is 4.68 Å². The van der Waals surface area contributed by atoms with Gasteiger partial charge in [0.2, 0.25) is 5.91 Å². The number of hydrogen-bond acceptors (Lipinski definition) is 3. The Balaban J connectivity index is 0.00000162. The van der Waals surface area contributed by atoms with Gasteiger partial charge in [0.25, 0.3) is 0 Å². The molecule has 2 atom stereocenters. The third-order valence-electron chi connectivity index (χ3n) is 3.25. The molecule has 1 aromatic heterocycles. The summed E-state index contributed by atoms with van der Waals surface area (Å²) in [5.74, 6) is 0.895. The van der Waals surface area contributed by atoms with Crippen molar-refractivity contribution in [3.05, 3.63) is 12.3 Å². The molecule has 1 fully saturated rings. The number of nitrogens with one attached hydrogen (secondary N) is 1. The van der Waals surface area contributed by atoms with Crippen molar-refractivity contribution in [1.29, 1.82) is 0 Å². The standard InChI is InChI=1S/C12H20N4O.ClH/c1-8(2)16-11(5-6-14-16)15-12(17)9-3-4-10(13)7-9;/h5-6,8-10H,3-4,7,13H2,1-2H3,(H,15,17);1H. The monoisotopic (exact) mass is 272 g/mol. The molecule has 1 heterocycles. The first-order valence-corrected chi connectivity index (χ1v) is 6.18. The Kier molecular flexibility index (Phi) is 5.16. The number of carbonyl (C=O) groups is 1. The van der Waals surface area contributed by atoms with Crippen molar-refractivity contribution in [2.45, 2.75) is 45.2 Å². The molecular formula is C12H21ClN4O. The van der Waals surface area contributed by atoms with Gasteiger partial charge in [0.05, 0.1) is 6.20 Å². The third-order valence-corrected chi connectivity index (χ3v) is 3.25. The first-order valence-electron chi connectivity index (χ1n) is 6.18. The summed E-state index contributed by atoms with van der Waals surface area (Å²) < 4.78 is 1.81. The predicted molar refractivity (Wildman–Crippen MR) is 73.8 cm³/mol. The lowest BCUT2D eigenvalue weighted by Gasteiger charge is -2.14. The van der Waals surface area contributed by atoms with E-state index in [1.807, 2.05) is 24.6 Å². The van der Waals surface area contributed by atoms with E-state index in [9.17, 15) is 4.79 Å². The number of halogens is 1. The van der Waals surface area contributed by atoms with Gasteiger partial charge in [-0.15, -0.1) is 12.4 Å². The van der Waals surface area contributed by atoms with Crippen LogP contribution in [0.15, 0.2) is 12.3 Å². The fourth-order valence-corrected chi connectivity index (χ4v) is 2.31. The van der Waals surface area contributed by atoms with Crippen LogP contribution in [-0.2, 0) is 4.79 Å². The van der Waals surface area contributed by atoms with Crippen LogP contribution in [0, 0.1) is 5.92 Å². The van der Waals surface area contributed by atoms with Gasteiger partial charge in [-0.2, -0.15) is 5.10 Å². The molecule has 1 aliphatic carbocycles. The van der Waals surface area contributed by atoms with Gasteiger partial charge in [0, 0.05) is 24.1 Å². The van der Waals surface area contributed by atoms with Crippen LogP contribution in [0.4, 0.5) is 5.82 Å². The number of anilines is 1. The van der Waals surface area contributed by atoms with Crippen molar-refractivity contribution in [3.63, 3.8) is 0 Å². The zero-order valence-corrected chi connectivity index (χ0v) is 11.6. The zero-order chi connectivity index (χ0) is 12.4. The molecule has 1 amide bonds. The van der Waals surface area contributed by atoms with Crippen LogP contribution in [0.5, 0.6) is 0 Å². The van der Waals surface area contributed by atoms with Gasteiger partial charge >= 0.3 is 0 Å². The maximum atomic E-state index is 12.0. The number of nitrogens with two attached hydrogens (primary N) is 1. The molecule has 2 unspecified atom stereocenters. The van der Waals surface area contributed by atoms with Crippen LogP contribution in [0.2, 0.25) is 0 Å². The topological polar surface area (TPSA) is 72.9 Å². The van der Waals surface area contributed by atoms with Gasteiger partial charge in [-0.3, -0.25) is 4.79 Å². The van der Waals surface area contributed by atoms with Crippen LogP contribution in [-0.4, -0.2) is 21.7 Å². The second kappa shape index (κ2) is 6.20. The van der Waals surface area contributed by atoms with Crippen molar-refractivity contribution in [2.75, 3.05) is 5.32 Å². The SMILES string of the molecule is CC(C)n1nccc1NC(=O)C1CCC(N)C1.Cl. The van der Waals surface area contributed by atoms with E-state index < -0.39 is 0 Å². The number of aromatic nitrogens is 2. The lowest BCUT2D eigenvalue weighted by atomic mass is 10.1. The van der Waals surface area contributed by atoms with E-state index in [2.05, 4.69) is 10.4 Å². The molecule has 0 bridgehead atoms. The number of hydrogen-bond donors (Lipinski definition) is 2. The molecule has 1 aliphatic rings. The number of carbonyl (C=O) groups excluding carboxylic acids is 1. The molecule has 1 saturated carbocycles. The van der Waals surface area contributed by atoms with E-state index in [0.29, 0.717) is 0 Å². The summed E-state index contributed by atoms with van der Waals surface area (Å²) in [5, 5.41) is 7.13. The average molecular weight is 273 g/mol. The predicted octanol–water partition coefficient (Wildman–Crippen LogP) is 1.95. The van der Waals surface area contributed by atoms with E-state index in [1.54, 1.807) is 6.20 Å². The van der Waals surface area contributed by atoms with Crippen LogP contribution < -0.4 is 11.1 Å². The van der Waals surface area contributed by atoms with Gasteiger partial charge in [-0.1, -0.05) is 0 Å². The molecule has 18 heavy (non-hydrogen) atoms. The van der Waals surface area contributed by atoms with Crippen LogP contribution in [0.25, 0.3) is 0 Å². The quantitative estimate of drug-likeness (QED) is 0.883. The lowest BCUT2D eigenvalue weighted by Crippen LogP contribution is -2.24. The Morgan fingerprint density at radius 3 is 2.83 bits per heavy atom. The van der Waals surface area contributed by atoms with Gasteiger partial charge in [-0.05, 0) is 33.1 Å². The van der Waals surface area contributed by atoms with Crippen molar-refractivity contribution < 1.29 is 4.79 Å². The molecule has 3 N–H and O–H groups in total. The lowest BCUT2D eigenvalue weighted by molar-refractivity contribution is -0.119. The molecule has 0 aliphatic heterocycles. The highest BCUT2D eigenvalue weighted by atomic mass is 35.5. The van der Waals surface area contributed by atoms with Crippen molar-refractivity contribution >= 4 is 24.1 Å². The summed E-state index contributed by atoms with van der Waals surface area (Å²) in [4.78, 5) is 12.0. The number of nitrogens with zero attached hydrogens (tertiary/aromatic N) is 2. The van der Waals surface area contributed by atoms with Gasteiger partial charge in [0.15, 0.2) is 0 Å². The Hall–Kier alpha value is -1.07. The van der Waals surface area contributed by atoms with E-state index in [4.69, 9.17) is 5.73 Å². The minimum atomic E-state index is 0. The van der Waals surface area contributed by atoms with Crippen molar-refractivity contribution in [2.24, 2.45) is 11.7 Å². The highest BCUT2D eigenvalue weighted by molar-refractivity contribution is 5.92. The molecule has 0 saturated heterocycles. The van der Waals surface area contributed by atoms with Gasteiger partial charge in [0.1, 0.15) is 5.82 Å². The highest BCUT2D eigenvalue weighted by Crippen LogP contribution is 2.25. The van der Waals surface area contributed by atoms with Crippen molar-refractivity contribution in [1.82, 2.24) is 9.78 Å². The first-order chi connectivity index (χ1) is 8.08. The van der Waals surface area contributed by atoms with Crippen LogP contribution in [0.1, 0.15) is 39.2 Å². The first kappa shape index (κ1) is 15.0. The summed E-state index contributed by atoms with van der Waals surface area (Å²) in [6.45, 7) is 4.07. The Labute approximate surface area is 114 Å². The van der Waals surface area contributed by atoms with Crippen LogP contribution in [0.3, 0.4) is 0 Å². The molecule has 2 rings (SSSR count). The maximum absolute atomic E-state index is 12.0. The molecular weight excluding hydrogens is 252 g/mol. The minimum Gasteiger partial charge on any atom is -0.328 e. The fourth-order valence-electron chi connectivity index (χ4n) is 2.31. The zero-order valence-electron chi connectivity index (χ0n) is 10.8. The van der Waals surface area contributed by atoms with E-state index >= 15 is 0 Å². The van der Waals surface area contributed by atoms with E-state index in [0.717, 1.165) is 25.1 Å².